The van der Waals surface area contributed by atoms with Gasteiger partial charge in [0, 0.05) is 34.0 Å². The van der Waals surface area contributed by atoms with Gasteiger partial charge >= 0.3 is 5.97 Å². The summed E-state index contributed by atoms with van der Waals surface area (Å²) in [5.74, 6) is -0.857. The van der Waals surface area contributed by atoms with Crippen LogP contribution in [0.25, 0.3) is 22.0 Å². The summed E-state index contributed by atoms with van der Waals surface area (Å²) in [6, 6.07) is 32.4. The highest BCUT2D eigenvalue weighted by Gasteiger charge is 2.25. The van der Waals surface area contributed by atoms with Gasteiger partial charge in [-0.3, -0.25) is 9.59 Å². The van der Waals surface area contributed by atoms with Gasteiger partial charge in [0.25, 0.3) is 5.91 Å². The van der Waals surface area contributed by atoms with E-state index in [4.69, 9.17) is 0 Å². The summed E-state index contributed by atoms with van der Waals surface area (Å²) in [6.07, 6.45) is -0.249. The summed E-state index contributed by atoms with van der Waals surface area (Å²) in [5.41, 5.74) is 7.20. The van der Waals surface area contributed by atoms with Gasteiger partial charge in [-0.05, 0) is 51.9 Å². The molecule has 5 rings (SSSR count). The van der Waals surface area contributed by atoms with Crippen molar-refractivity contribution in [2.75, 3.05) is 0 Å². The second-order valence-electron chi connectivity index (χ2n) is 10.3. The van der Waals surface area contributed by atoms with E-state index in [0.717, 1.165) is 37.6 Å². The lowest BCUT2D eigenvalue weighted by Crippen LogP contribution is -2.27. The number of benzene rings is 4. The number of carbonyl (C=O) groups is 2. The van der Waals surface area contributed by atoms with Crippen molar-refractivity contribution < 1.29 is 14.7 Å². The van der Waals surface area contributed by atoms with E-state index in [1.807, 2.05) is 65.2 Å². The van der Waals surface area contributed by atoms with Crippen molar-refractivity contribution in [2.45, 2.75) is 39.3 Å². The van der Waals surface area contributed by atoms with Gasteiger partial charge < -0.3 is 15.0 Å². The van der Waals surface area contributed by atoms with Crippen LogP contribution in [0.5, 0.6) is 0 Å². The van der Waals surface area contributed by atoms with Crippen LogP contribution in [0.15, 0.2) is 102 Å². The summed E-state index contributed by atoms with van der Waals surface area (Å²) in [4.78, 5) is 25.7. The average Bonchev–Trinajstić information content (AvgIpc) is 3.24. The lowest BCUT2D eigenvalue weighted by atomic mass is 10.0. The molecule has 1 aromatic heterocycles. The van der Waals surface area contributed by atoms with E-state index in [-0.39, 0.29) is 12.3 Å². The highest BCUT2D eigenvalue weighted by Crippen LogP contribution is 2.31. The number of carboxylic acids is 1. The number of halogens is 1. The van der Waals surface area contributed by atoms with Gasteiger partial charge in [-0.1, -0.05) is 109 Å². The normalized spacial score (nSPS) is 11.2. The summed E-state index contributed by atoms with van der Waals surface area (Å²) in [7, 11) is 0. The van der Waals surface area contributed by atoms with E-state index in [2.05, 4.69) is 71.5 Å². The van der Waals surface area contributed by atoms with Crippen LogP contribution in [0.2, 0.25) is 0 Å². The van der Waals surface area contributed by atoms with E-state index < -0.39 is 5.97 Å². The number of fused-ring (bicyclic) bond motifs is 1. The molecule has 0 fully saturated rings. The first-order valence-corrected chi connectivity index (χ1v) is 14.1. The molecule has 0 bridgehead atoms. The molecule has 1 heterocycles. The van der Waals surface area contributed by atoms with Gasteiger partial charge in [-0.15, -0.1) is 0 Å². The third-order valence-corrected chi connectivity index (χ3v) is 7.67. The maximum absolute atomic E-state index is 13.8. The van der Waals surface area contributed by atoms with Crippen LogP contribution in [0.4, 0.5) is 0 Å². The third-order valence-electron chi connectivity index (χ3n) is 7.17. The molecular weight excluding hydrogens is 564 g/mol. The molecule has 0 aliphatic rings. The minimum atomic E-state index is -0.981. The SMILES string of the molecule is CC(C)c1ccc(Cn2c(C(=O)NCc3ccc(-c4ccccc4)cc3)c(CC(=O)O)c3cc(Br)ccc32)cc1. The largest absolute Gasteiger partial charge is 0.481 e. The Bertz CT molecular complexity index is 1650. The van der Waals surface area contributed by atoms with Crippen LogP contribution in [0, 0.1) is 0 Å². The predicted octanol–water partition coefficient (Wildman–Crippen LogP) is 7.80. The fourth-order valence-electron chi connectivity index (χ4n) is 5.05. The van der Waals surface area contributed by atoms with Crippen molar-refractivity contribution in [3.8, 4) is 11.1 Å². The smallest absolute Gasteiger partial charge is 0.307 e. The molecule has 40 heavy (non-hydrogen) atoms. The number of aromatic nitrogens is 1. The molecular formula is C34H31BrN2O3. The third kappa shape index (κ3) is 6.02. The van der Waals surface area contributed by atoms with E-state index in [1.165, 1.54) is 5.56 Å². The van der Waals surface area contributed by atoms with E-state index in [0.29, 0.717) is 30.3 Å². The molecule has 1 amide bonds. The molecule has 5 nitrogen and oxygen atoms in total. The fraction of sp³-hybridized carbons (Fsp3) is 0.176. The lowest BCUT2D eigenvalue weighted by molar-refractivity contribution is -0.136. The first kappa shape index (κ1) is 27.4. The molecule has 0 saturated heterocycles. The van der Waals surface area contributed by atoms with Crippen LogP contribution in [-0.2, 0) is 24.3 Å². The molecule has 6 heteroatoms. The molecule has 0 saturated carbocycles. The minimum Gasteiger partial charge on any atom is -0.481 e. The van der Waals surface area contributed by atoms with Crippen molar-refractivity contribution >= 4 is 38.7 Å². The summed E-state index contributed by atoms with van der Waals surface area (Å²) in [5, 5.41) is 13.6. The Balaban J connectivity index is 1.48. The van der Waals surface area contributed by atoms with Crippen molar-refractivity contribution in [1.82, 2.24) is 9.88 Å². The monoisotopic (exact) mass is 594 g/mol. The van der Waals surface area contributed by atoms with Crippen molar-refractivity contribution in [3.63, 3.8) is 0 Å². The number of rotatable bonds is 9. The fourth-order valence-corrected chi connectivity index (χ4v) is 5.41. The molecule has 0 aliphatic heterocycles. The highest BCUT2D eigenvalue weighted by molar-refractivity contribution is 9.10. The summed E-state index contributed by atoms with van der Waals surface area (Å²) < 4.78 is 2.77. The zero-order valence-corrected chi connectivity index (χ0v) is 24.1. The Morgan fingerprint density at radius 1 is 0.850 bits per heavy atom. The standard InChI is InChI=1S/C34H31BrN2O3/c1-22(2)25-12-10-24(11-13-25)21-37-31-17-16-28(35)18-29(31)30(19-32(38)39)33(37)34(40)36-20-23-8-14-27(15-9-23)26-6-4-3-5-7-26/h3-18,22H,19-21H2,1-2H3,(H,36,40)(H,38,39). The Kier molecular flexibility index (Phi) is 8.17. The van der Waals surface area contributed by atoms with E-state index >= 15 is 0 Å². The van der Waals surface area contributed by atoms with Gasteiger partial charge in [0.2, 0.25) is 0 Å². The molecule has 4 aromatic carbocycles. The average molecular weight is 596 g/mol. The highest BCUT2D eigenvalue weighted by atomic mass is 79.9. The number of carboxylic acid groups (broad SMARTS) is 1. The van der Waals surface area contributed by atoms with E-state index in [9.17, 15) is 14.7 Å². The van der Waals surface area contributed by atoms with Crippen molar-refractivity contribution in [3.05, 3.63) is 129 Å². The van der Waals surface area contributed by atoms with Gasteiger partial charge in [-0.2, -0.15) is 0 Å². The Morgan fingerprint density at radius 3 is 2.15 bits per heavy atom. The molecule has 5 aromatic rings. The molecule has 2 N–H and O–H groups in total. The number of nitrogens with one attached hydrogen (secondary N) is 1. The molecule has 0 radical (unpaired) electrons. The van der Waals surface area contributed by atoms with Crippen LogP contribution < -0.4 is 5.32 Å². The quantitative estimate of drug-likeness (QED) is 0.183. The number of amides is 1. The van der Waals surface area contributed by atoms with Crippen molar-refractivity contribution in [1.29, 1.82) is 0 Å². The zero-order valence-electron chi connectivity index (χ0n) is 22.5. The molecule has 0 unspecified atom stereocenters. The Morgan fingerprint density at radius 2 is 1.50 bits per heavy atom. The van der Waals surface area contributed by atoms with Gasteiger partial charge in [0.1, 0.15) is 5.69 Å². The summed E-state index contributed by atoms with van der Waals surface area (Å²) in [6.45, 7) is 5.09. The zero-order chi connectivity index (χ0) is 28.2. The van der Waals surface area contributed by atoms with E-state index in [1.54, 1.807) is 0 Å². The molecule has 0 aliphatic carbocycles. The second kappa shape index (κ2) is 11.9. The summed E-state index contributed by atoms with van der Waals surface area (Å²) >= 11 is 3.52. The van der Waals surface area contributed by atoms with Gasteiger partial charge in [0.15, 0.2) is 0 Å². The maximum atomic E-state index is 13.8. The lowest BCUT2D eigenvalue weighted by Gasteiger charge is -2.14. The van der Waals surface area contributed by atoms with Crippen LogP contribution in [0.3, 0.4) is 0 Å². The molecule has 202 valence electrons. The second-order valence-corrected chi connectivity index (χ2v) is 11.2. The number of hydrogen-bond acceptors (Lipinski definition) is 2. The number of nitrogens with zero attached hydrogens (tertiary/aromatic N) is 1. The Labute approximate surface area is 242 Å². The predicted molar refractivity (Wildman–Crippen MR) is 164 cm³/mol. The maximum Gasteiger partial charge on any atom is 0.307 e. The number of carbonyl (C=O) groups excluding carboxylic acids is 1. The van der Waals surface area contributed by atoms with Crippen molar-refractivity contribution in [2.24, 2.45) is 0 Å². The minimum absolute atomic E-state index is 0.249. The number of hydrogen-bond donors (Lipinski definition) is 2. The molecule has 0 spiro atoms. The van der Waals surface area contributed by atoms with Crippen LogP contribution in [0.1, 0.15) is 52.5 Å². The first-order chi connectivity index (χ1) is 19.3. The van der Waals surface area contributed by atoms with Gasteiger partial charge in [0.05, 0.1) is 6.42 Å². The number of aliphatic carboxylic acids is 1. The molecule has 0 atom stereocenters. The van der Waals surface area contributed by atoms with Crippen LogP contribution >= 0.6 is 15.9 Å². The topological polar surface area (TPSA) is 71.3 Å². The van der Waals surface area contributed by atoms with Crippen LogP contribution in [-0.4, -0.2) is 21.6 Å². The Hall–Kier alpha value is -4.16. The first-order valence-electron chi connectivity index (χ1n) is 13.3. The van der Waals surface area contributed by atoms with Gasteiger partial charge in [-0.25, -0.2) is 0 Å².